The molecule has 6 nitrogen and oxygen atoms in total. The predicted molar refractivity (Wildman–Crippen MR) is 103 cm³/mol. The first-order valence-corrected chi connectivity index (χ1v) is 8.94. The van der Waals surface area contributed by atoms with Crippen molar-refractivity contribution < 1.29 is 4.74 Å². The minimum absolute atomic E-state index is 0.0727. The number of hydrogen-bond donors (Lipinski definition) is 1. The summed E-state index contributed by atoms with van der Waals surface area (Å²) in [5.41, 5.74) is 4.83. The fraction of sp³-hybridized carbons (Fsp3) is 0.300. The summed E-state index contributed by atoms with van der Waals surface area (Å²) < 4.78 is 6.96. The van der Waals surface area contributed by atoms with Gasteiger partial charge in [-0.25, -0.2) is 9.66 Å². The van der Waals surface area contributed by atoms with Gasteiger partial charge < -0.3 is 10.2 Å². The molecule has 4 rings (SSSR count). The number of rotatable bonds is 5. The van der Waals surface area contributed by atoms with Crippen LogP contribution in [0.1, 0.15) is 0 Å². The van der Waals surface area contributed by atoms with Crippen molar-refractivity contribution in [3.05, 3.63) is 65.0 Å². The zero-order chi connectivity index (χ0) is 17.8. The van der Waals surface area contributed by atoms with E-state index in [-0.39, 0.29) is 5.56 Å². The lowest BCUT2D eigenvalue weighted by Gasteiger charge is -2.27. The van der Waals surface area contributed by atoms with Crippen molar-refractivity contribution in [3.63, 3.8) is 0 Å². The Morgan fingerprint density at radius 2 is 1.73 bits per heavy atom. The lowest BCUT2D eigenvalue weighted by atomic mass is 10.2. The van der Waals surface area contributed by atoms with Crippen LogP contribution in [-0.4, -0.2) is 54.0 Å². The van der Waals surface area contributed by atoms with Gasteiger partial charge in [0.1, 0.15) is 0 Å². The van der Waals surface area contributed by atoms with Crippen LogP contribution in [0.3, 0.4) is 0 Å². The summed E-state index contributed by atoms with van der Waals surface area (Å²) in [5.74, 6) is 0.635. The van der Waals surface area contributed by atoms with Gasteiger partial charge in [-0.15, -0.1) is 0 Å². The van der Waals surface area contributed by atoms with Gasteiger partial charge >= 0.3 is 0 Å². The van der Waals surface area contributed by atoms with Gasteiger partial charge in [-0.05, 0) is 12.1 Å². The Bertz CT molecular complexity index is 933. The summed E-state index contributed by atoms with van der Waals surface area (Å²) in [6, 6.07) is 17.3. The molecule has 0 saturated carbocycles. The van der Waals surface area contributed by atoms with Crippen LogP contribution < -0.4 is 11.0 Å². The molecule has 26 heavy (non-hydrogen) atoms. The van der Waals surface area contributed by atoms with Gasteiger partial charge in [0.25, 0.3) is 5.56 Å². The number of aromatic nitrogens is 2. The van der Waals surface area contributed by atoms with Gasteiger partial charge in [-0.2, -0.15) is 0 Å². The quantitative estimate of drug-likeness (QED) is 0.762. The second kappa shape index (κ2) is 7.68. The van der Waals surface area contributed by atoms with E-state index in [0.29, 0.717) is 23.3 Å². The third-order valence-electron chi connectivity index (χ3n) is 4.61. The molecule has 0 spiro atoms. The molecule has 1 aliphatic rings. The molecular formula is C20H22N4O2. The van der Waals surface area contributed by atoms with Gasteiger partial charge in [0, 0.05) is 31.7 Å². The first kappa shape index (κ1) is 16.8. The standard InChI is InChI=1S/C20H22N4O2/c25-20-17-8-4-5-9-18(17)22-19(16-6-2-1-3-7-16)24(20)21-10-11-23-12-14-26-15-13-23/h1-9,21H,10-15H2. The second-order valence-electron chi connectivity index (χ2n) is 6.32. The normalized spacial score (nSPS) is 15.2. The Balaban J connectivity index is 1.66. The molecule has 2 heterocycles. The molecule has 1 aromatic heterocycles. The summed E-state index contributed by atoms with van der Waals surface area (Å²) in [6.07, 6.45) is 0. The molecule has 0 radical (unpaired) electrons. The predicted octanol–water partition coefficient (Wildman–Crippen LogP) is 1.94. The van der Waals surface area contributed by atoms with Gasteiger partial charge in [0.05, 0.1) is 24.1 Å². The number of morpholine rings is 1. The van der Waals surface area contributed by atoms with Crippen molar-refractivity contribution in [3.8, 4) is 11.4 Å². The number of hydrogen-bond acceptors (Lipinski definition) is 5. The van der Waals surface area contributed by atoms with Gasteiger partial charge in [-0.3, -0.25) is 9.69 Å². The van der Waals surface area contributed by atoms with E-state index in [4.69, 9.17) is 9.72 Å². The molecule has 0 atom stereocenters. The molecule has 3 aromatic rings. The maximum atomic E-state index is 13.0. The first-order valence-electron chi connectivity index (χ1n) is 8.94. The van der Waals surface area contributed by atoms with Gasteiger partial charge in [0.15, 0.2) is 5.82 Å². The molecule has 0 unspecified atom stereocenters. The first-order chi connectivity index (χ1) is 12.8. The number of ether oxygens (including phenoxy) is 1. The monoisotopic (exact) mass is 350 g/mol. The highest BCUT2D eigenvalue weighted by atomic mass is 16.5. The lowest BCUT2D eigenvalue weighted by molar-refractivity contribution is 0.0396. The van der Waals surface area contributed by atoms with Crippen molar-refractivity contribution in [1.29, 1.82) is 0 Å². The molecule has 0 amide bonds. The molecule has 0 bridgehead atoms. The average Bonchev–Trinajstić information content (AvgIpc) is 2.71. The van der Waals surface area contributed by atoms with E-state index >= 15 is 0 Å². The van der Waals surface area contributed by atoms with Crippen molar-refractivity contribution in [2.75, 3.05) is 44.8 Å². The molecule has 1 fully saturated rings. The summed E-state index contributed by atoms with van der Waals surface area (Å²) >= 11 is 0. The molecule has 1 N–H and O–H groups in total. The molecule has 1 saturated heterocycles. The number of nitrogens with one attached hydrogen (secondary N) is 1. The number of para-hydroxylation sites is 1. The Labute approximate surface area is 152 Å². The largest absolute Gasteiger partial charge is 0.379 e. The molecule has 134 valence electrons. The summed E-state index contributed by atoms with van der Waals surface area (Å²) in [6.45, 7) is 4.92. The van der Waals surface area contributed by atoms with Crippen LogP contribution in [0, 0.1) is 0 Å². The maximum absolute atomic E-state index is 13.0. The van der Waals surface area contributed by atoms with E-state index < -0.39 is 0 Å². The molecular weight excluding hydrogens is 328 g/mol. The van der Waals surface area contributed by atoms with Crippen molar-refractivity contribution in [1.82, 2.24) is 14.6 Å². The smallest absolute Gasteiger partial charge is 0.280 e. The summed E-state index contributed by atoms with van der Waals surface area (Å²) in [5, 5.41) is 0.617. The van der Waals surface area contributed by atoms with Crippen LogP contribution in [0.5, 0.6) is 0 Å². The Morgan fingerprint density at radius 1 is 1.00 bits per heavy atom. The third-order valence-corrected chi connectivity index (χ3v) is 4.61. The van der Waals surface area contributed by atoms with Crippen molar-refractivity contribution in [2.24, 2.45) is 0 Å². The summed E-state index contributed by atoms with van der Waals surface area (Å²) in [4.78, 5) is 20.1. The van der Waals surface area contributed by atoms with Gasteiger partial charge in [-0.1, -0.05) is 42.5 Å². The fourth-order valence-electron chi connectivity index (χ4n) is 3.20. The topological polar surface area (TPSA) is 59.4 Å². The average molecular weight is 350 g/mol. The second-order valence-corrected chi connectivity index (χ2v) is 6.32. The van der Waals surface area contributed by atoms with E-state index in [1.54, 1.807) is 4.68 Å². The number of nitrogens with zero attached hydrogens (tertiary/aromatic N) is 3. The van der Waals surface area contributed by atoms with Crippen LogP contribution in [0.25, 0.3) is 22.3 Å². The SMILES string of the molecule is O=c1c2ccccc2nc(-c2ccccc2)n1NCCN1CCOCC1. The van der Waals surface area contributed by atoms with E-state index in [0.717, 1.165) is 38.4 Å². The zero-order valence-electron chi connectivity index (χ0n) is 14.6. The highest BCUT2D eigenvalue weighted by molar-refractivity contribution is 5.79. The van der Waals surface area contributed by atoms with E-state index in [9.17, 15) is 4.79 Å². The van der Waals surface area contributed by atoms with Crippen LogP contribution in [0.4, 0.5) is 0 Å². The van der Waals surface area contributed by atoms with E-state index in [2.05, 4.69) is 10.3 Å². The minimum atomic E-state index is -0.0727. The van der Waals surface area contributed by atoms with Gasteiger partial charge in [0.2, 0.25) is 0 Å². The lowest BCUT2D eigenvalue weighted by Crippen LogP contribution is -2.41. The minimum Gasteiger partial charge on any atom is -0.379 e. The Morgan fingerprint density at radius 3 is 2.54 bits per heavy atom. The molecule has 6 heteroatoms. The number of fused-ring (bicyclic) bond motifs is 1. The highest BCUT2D eigenvalue weighted by Gasteiger charge is 2.14. The fourth-order valence-corrected chi connectivity index (χ4v) is 3.20. The molecule has 1 aliphatic heterocycles. The summed E-state index contributed by atoms with van der Waals surface area (Å²) in [7, 11) is 0. The van der Waals surface area contributed by atoms with Crippen molar-refractivity contribution >= 4 is 10.9 Å². The third kappa shape index (κ3) is 3.47. The highest BCUT2D eigenvalue weighted by Crippen LogP contribution is 2.17. The molecule has 0 aliphatic carbocycles. The zero-order valence-corrected chi connectivity index (χ0v) is 14.6. The number of benzene rings is 2. The Kier molecular flexibility index (Phi) is 4.95. The van der Waals surface area contributed by atoms with Crippen LogP contribution >= 0.6 is 0 Å². The van der Waals surface area contributed by atoms with Crippen molar-refractivity contribution in [2.45, 2.75) is 0 Å². The maximum Gasteiger partial charge on any atom is 0.280 e. The Hall–Kier alpha value is -2.70. The van der Waals surface area contributed by atoms with E-state index in [1.807, 2.05) is 54.6 Å². The molecule has 2 aromatic carbocycles. The van der Waals surface area contributed by atoms with E-state index in [1.165, 1.54) is 0 Å². The van der Waals surface area contributed by atoms with Crippen LogP contribution in [-0.2, 0) is 4.74 Å². The van der Waals surface area contributed by atoms with Crippen LogP contribution in [0.2, 0.25) is 0 Å². The van der Waals surface area contributed by atoms with Crippen LogP contribution in [0.15, 0.2) is 59.4 Å².